The minimum atomic E-state index is -0.304. The number of ether oxygens (including phenoxy) is 2. The van der Waals surface area contributed by atoms with E-state index in [-0.39, 0.29) is 11.6 Å². The zero-order valence-electron chi connectivity index (χ0n) is 15.4. The third-order valence-corrected chi connectivity index (χ3v) is 4.39. The fourth-order valence-electron chi connectivity index (χ4n) is 2.95. The van der Waals surface area contributed by atoms with Gasteiger partial charge in [-0.2, -0.15) is 9.97 Å². The molecule has 0 aliphatic carbocycles. The summed E-state index contributed by atoms with van der Waals surface area (Å²) in [5.41, 5.74) is 1.12. The van der Waals surface area contributed by atoms with E-state index in [1.54, 1.807) is 25.4 Å². The molecule has 0 radical (unpaired) electrons. The molecule has 1 aliphatic rings. The van der Waals surface area contributed by atoms with Gasteiger partial charge in [-0.15, -0.1) is 0 Å². The van der Waals surface area contributed by atoms with Gasteiger partial charge in [0.25, 0.3) is 0 Å². The molecule has 0 spiro atoms. The number of carbonyl (C=O) groups is 1. The van der Waals surface area contributed by atoms with Crippen LogP contribution in [0.15, 0.2) is 48.8 Å². The zero-order chi connectivity index (χ0) is 19.3. The van der Waals surface area contributed by atoms with Gasteiger partial charge in [-0.3, -0.25) is 9.78 Å². The van der Waals surface area contributed by atoms with Crippen molar-refractivity contribution >= 4 is 11.7 Å². The van der Waals surface area contributed by atoms with Crippen molar-refractivity contribution < 1.29 is 14.3 Å². The number of morpholine rings is 1. The Morgan fingerprint density at radius 3 is 2.64 bits per heavy atom. The van der Waals surface area contributed by atoms with Crippen LogP contribution in [0.25, 0.3) is 11.4 Å². The number of anilines is 1. The summed E-state index contributed by atoms with van der Waals surface area (Å²) in [4.78, 5) is 32.5. The lowest BCUT2D eigenvalue weighted by Gasteiger charge is -2.27. The number of hydrogen-bond donors (Lipinski definition) is 0. The number of aromatic nitrogens is 4. The topological polar surface area (TPSA) is 90.3 Å². The van der Waals surface area contributed by atoms with Gasteiger partial charge in [0, 0.05) is 31.0 Å². The maximum absolute atomic E-state index is 13.0. The Labute approximate surface area is 162 Å². The minimum Gasteiger partial charge on any atom is -0.496 e. The average Bonchev–Trinajstić information content (AvgIpc) is 2.79. The van der Waals surface area contributed by atoms with Gasteiger partial charge in [-0.05, 0) is 24.3 Å². The largest absolute Gasteiger partial charge is 0.496 e. The van der Waals surface area contributed by atoms with E-state index in [0.29, 0.717) is 55.0 Å². The summed E-state index contributed by atoms with van der Waals surface area (Å²) in [6, 6.07) is 10.8. The predicted molar refractivity (Wildman–Crippen MR) is 103 cm³/mol. The van der Waals surface area contributed by atoms with Crippen LogP contribution in [0.4, 0.5) is 5.95 Å². The second-order valence-electron chi connectivity index (χ2n) is 6.15. The van der Waals surface area contributed by atoms with Crippen LogP contribution >= 0.6 is 0 Å². The Morgan fingerprint density at radius 2 is 1.89 bits per heavy atom. The number of para-hydroxylation sites is 1. The van der Waals surface area contributed by atoms with Crippen molar-refractivity contribution in [2.24, 2.45) is 0 Å². The van der Waals surface area contributed by atoms with Crippen LogP contribution in [0.1, 0.15) is 16.2 Å². The number of nitrogens with zero attached hydrogens (tertiary/aromatic N) is 5. The first-order valence-corrected chi connectivity index (χ1v) is 8.93. The number of rotatable bonds is 5. The van der Waals surface area contributed by atoms with Crippen molar-refractivity contribution in [1.82, 2.24) is 19.9 Å². The SMILES string of the molecule is COc1ccccc1-c1nc(C(=O)c2cccnc2)nc(N2CCOCC2)n1. The fourth-order valence-corrected chi connectivity index (χ4v) is 2.95. The molecule has 0 unspecified atom stereocenters. The molecule has 8 nitrogen and oxygen atoms in total. The van der Waals surface area contributed by atoms with Crippen LogP contribution in [0.5, 0.6) is 5.75 Å². The maximum Gasteiger partial charge on any atom is 0.231 e. The molecule has 1 aromatic carbocycles. The number of pyridine rings is 1. The van der Waals surface area contributed by atoms with Gasteiger partial charge >= 0.3 is 0 Å². The van der Waals surface area contributed by atoms with Gasteiger partial charge < -0.3 is 14.4 Å². The highest BCUT2D eigenvalue weighted by molar-refractivity contribution is 6.06. The summed E-state index contributed by atoms with van der Waals surface area (Å²) in [6.45, 7) is 2.47. The lowest BCUT2D eigenvalue weighted by Crippen LogP contribution is -2.37. The van der Waals surface area contributed by atoms with Crippen molar-refractivity contribution in [1.29, 1.82) is 0 Å². The molecule has 1 saturated heterocycles. The normalized spacial score (nSPS) is 14.0. The van der Waals surface area contributed by atoms with E-state index in [4.69, 9.17) is 9.47 Å². The van der Waals surface area contributed by atoms with Crippen molar-refractivity contribution in [3.8, 4) is 17.1 Å². The van der Waals surface area contributed by atoms with E-state index in [9.17, 15) is 4.79 Å². The molecule has 0 atom stereocenters. The maximum atomic E-state index is 13.0. The molecule has 0 saturated carbocycles. The van der Waals surface area contributed by atoms with Crippen molar-refractivity contribution in [2.75, 3.05) is 38.3 Å². The highest BCUT2D eigenvalue weighted by Gasteiger charge is 2.22. The van der Waals surface area contributed by atoms with E-state index >= 15 is 0 Å². The van der Waals surface area contributed by atoms with E-state index < -0.39 is 0 Å². The van der Waals surface area contributed by atoms with Crippen LogP contribution in [-0.2, 0) is 4.74 Å². The van der Waals surface area contributed by atoms with Crippen molar-refractivity contribution in [3.63, 3.8) is 0 Å². The second-order valence-corrected chi connectivity index (χ2v) is 6.15. The lowest BCUT2D eigenvalue weighted by atomic mass is 10.1. The summed E-state index contributed by atoms with van der Waals surface area (Å²) < 4.78 is 10.9. The number of hydrogen-bond acceptors (Lipinski definition) is 8. The molecule has 4 rings (SSSR count). The molecule has 3 heterocycles. The Bertz CT molecular complexity index is 975. The number of carbonyl (C=O) groups excluding carboxylic acids is 1. The third-order valence-electron chi connectivity index (χ3n) is 4.39. The highest BCUT2D eigenvalue weighted by atomic mass is 16.5. The van der Waals surface area contributed by atoms with Gasteiger partial charge in [-0.1, -0.05) is 12.1 Å². The summed E-state index contributed by atoms with van der Waals surface area (Å²) in [6.07, 6.45) is 3.12. The molecule has 1 fully saturated rings. The smallest absolute Gasteiger partial charge is 0.231 e. The Kier molecular flexibility index (Phi) is 5.20. The number of ketones is 1. The van der Waals surface area contributed by atoms with Gasteiger partial charge in [0.1, 0.15) is 5.75 Å². The molecular formula is C20H19N5O3. The van der Waals surface area contributed by atoms with Gasteiger partial charge in [0.15, 0.2) is 5.82 Å². The summed E-state index contributed by atoms with van der Waals surface area (Å²) in [5, 5.41) is 0. The van der Waals surface area contributed by atoms with E-state index in [1.807, 2.05) is 29.2 Å². The predicted octanol–water partition coefficient (Wildman–Crippen LogP) is 2.01. The number of methoxy groups -OCH3 is 1. The molecule has 0 bridgehead atoms. The molecular weight excluding hydrogens is 358 g/mol. The third kappa shape index (κ3) is 3.67. The first kappa shape index (κ1) is 18.0. The highest BCUT2D eigenvalue weighted by Crippen LogP contribution is 2.28. The second kappa shape index (κ2) is 8.10. The Hall–Kier alpha value is -3.39. The van der Waals surface area contributed by atoms with Crippen LogP contribution < -0.4 is 9.64 Å². The van der Waals surface area contributed by atoms with Crippen LogP contribution in [0.2, 0.25) is 0 Å². The standard InChI is InChI=1S/C20H19N5O3/c1-27-16-7-3-2-6-15(16)18-22-19(17(26)14-5-4-8-21-13-14)24-20(23-18)25-9-11-28-12-10-25/h2-8,13H,9-12H2,1H3. The summed E-state index contributed by atoms with van der Waals surface area (Å²) in [7, 11) is 1.59. The average molecular weight is 377 g/mol. The summed E-state index contributed by atoms with van der Waals surface area (Å²) >= 11 is 0. The molecule has 1 aliphatic heterocycles. The molecule has 0 N–H and O–H groups in total. The van der Waals surface area contributed by atoms with E-state index in [2.05, 4.69) is 19.9 Å². The summed E-state index contributed by atoms with van der Waals surface area (Å²) in [5.74, 6) is 1.24. The zero-order valence-corrected chi connectivity index (χ0v) is 15.4. The molecule has 142 valence electrons. The molecule has 8 heteroatoms. The van der Waals surface area contributed by atoms with Gasteiger partial charge in [0.2, 0.25) is 17.6 Å². The first-order chi connectivity index (χ1) is 13.8. The molecule has 0 amide bonds. The van der Waals surface area contributed by atoms with Crippen LogP contribution in [-0.4, -0.2) is 59.1 Å². The van der Waals surface area contributed by atoms with E-state index in [1.165, 1.54) is 6.20 Å². The Morgan fingerprint density at radius 1 is 1.07 bits per heavy atom. The van der Waals surface area contributed by atoms with Crippen LogP contribution in [0.3, 0.4) is 0 Å². The van der Waals surface area contributed by atoms with Gasteiger partial charge in [-0.25, -0.2) is 4.98 Å². The van der Waals surface area contributed by atoms with E-state index in [0.717, 1.165) is 0 Å². The first-order valence-electron chi connectivity index (χ1n) is 8.93. The van der Waals surface area contributed by atoms with Crippen molar-refractivity contribution in [2.45, 2.75) is 0 Å². The fraction of sp³-hybridized carbons (Fsp3) is 0.250. The van der Waals surface area contributed by atoms with Crippen LogP contribution in [0, 0.1) is 0 Å². The lowest BCUT2D eigenvalue weighted by molar-refractivity contribution is 0.102. The number of benzene rings is 1. The molecule has 2 aromatic heterocycles. The Balaban J connectivity index is 1.82. The monoisotopic (exact) mass is 377 g/mol. The quantitative estimate of drug-likeness (QED) is 0.624. The van der Waals surface area contributed by atoms with Crippen molar-refractivity contribution in [3.05, 3.63) is 60.2 Å². The molecule has 3 aromatic rings. The minimum absolute atomic E-state index is 0.0744. The molecule has 28 heavy (non-hydrogen) atoms. The van der Waals surface area contributed by atoms with Gasteiger partial charge in [0.05, 0.1) is 25.9 Å².